The topological polar surface area (TPSA) is 75.5 Å². The number of carbonyl (C=O) groups excluding carboxylic acids is 1. The van der Waals surface area contributed by atoms with Crippen LogP contribution in [0.2, 0.25) is 5.02 Å². The van der Waals surface area contributed by atoms with Crippen LogP contribution in [0.3, 0.4) is 0 Å². The minimum atomic E-state index is -3.53. The molecule has 2 atom stereocenters. The van der Waals surface area contributed by atoms with Crippen LogP contribution in [0.25, 0.3) is 11.0 Å². The molecule has 0 radical (unpaired) electrons. The number of imidazole rings is 1. The number of amides is 1. The molecular formula is C28H32ClFN4O3S. The number of hydrogen-bond acceptors (Lipinski definition) is 5. The van der Waals surface area contributed by atoms with Gasteiger partial charge in [-0.3, -0.25) is 4.79 Å². The lowest BCUT2D eigenvalue weighted by molar-refractivity contribution is 0.0718. The number of hydrogen-bond donors (Lipinski definition) is 0. The molecule has 1 aromatic heterocycles. The molecule has 6 rings (SSSR count). The minimum Gasteiger partial charge on any atom is -0.360 e. The molecule has 1 amide bonds. The third-order valence-electron chi connectivity index (χ3n) is 7.75. The molecule has 202 valence electrons. The van der Waals surface area contributed by atoms with Crippen molar-refractivity contribution in [1.82, 2.24) is 14.5 Å². The highest BCUT2D eigenvalue weighted by atomic mass is 35.5. The molecule has 10 heteroatoms. The summed E-state index contributed by atoms with van der Waals surface area (Å²) in [5, 5.41) is 0.108. The number of rotatable bonds is 5. The first-order valence-corrected chi connectivity index (χ1v) is 15.2. The molecule has 3 fully saturated rings. The van der Waals surface area contributed by atoms with Crippen molar-refractivity contribution in [3.05, 3.63) is 53.1 Å². The summed E-state index contributed by atoms with van der Waals surface area (Å²) in [7, 11) is -3.53. The van der Waals surface area contributed by atoms with Gasteiger partial charge in [0.25, 0.3) is 5.91 Å². The zero-order valence-electron chi connectivity index (χ0n) is 21.8. The number of aromatic nitrogens is 2. The summed E-state index contributed by atoms with van der Waals surface area (Å²) in [6, 6.07) is 7.86. The van der Waals surface area contributed by atoms with Gasteiger partial charge in [0.05, 0.1) is 44.3 Å². The van der Waals surface area contributed by atoms with E-state index < -0.39 is 15.7 Å². The maximum atomic E-state index is 13.6. The van der Waals surface area contributed by atoms with Gasteiger partial charge in [0.15, 0.2) is 9.84 Å². The Bertz CT molecular complexity index is 1530. The Morgan fingerprint density at radius 1 is 1.05 bits per heavy atom. The third kappa shape index (κ3) is 4.57. The van der Waals surface area contributed by atoms with Crippen molar-refractivity contribution in [1.29, 1.82) is 0 Å². The van der Waals surface area contributed by atoms with E-state index in [-0.39, 0.29) is 34.2 Å². The van der Waals surface area contributed by atoms with Gasteiger partial charge >= 0.3 is 0 Å². The van der Waals surface area contributed by atoms with Crippen molar-refractivity contribution >= 4 is 44.1 Å². The van der Waals surface area contributed by atoms with Gasteiger partial charge in [0.2, 0.25) is 0 Å². The predicted octanol–water partition coefficient (Wildman–Crippen LogP) is 5.48. The number of halogens is 2. The smallest absolute Gasteiger partial charge is 0.255 e. The number of likely N-dealkylation sites (tertiary alicyclic amines) is 1. The van der Waals surface area contributed by atoms with Gasteiger partial charge in [-0.1, -0.05) is 32.4 Å². The molecular weight excluding hydrogens is 527 g/mol. The van der Waals surface area contributed by atoms with Crippen LogP contribution in [0.15, 0.2) is 41.6 Å². The number of benzene rings is 2. The van der Waals surface area contributed by atoms with Crippen LogP contribution in [0.4, 0.5) is 10.1 Å². The Hall–Kier alpha value is -2.65. The second kappa shape index (κ2) is 8.95. The third-order valence-corrected chi connectivity index (χ3v) is 10.3. The van der Waals surface area contributed by atoms with Crippen molar-refractivity contribution in [3.8, 4) is 0 Å². The number of piperazine rings is 1. The molecule has 1 aliphatic carbocycles. The van der Waals surface area contributed by atoms with E-state index in [2.05, 4.69) is 14.5 Å². The van der Waals surface area contributed by atoms with E-state index in [0.717, 1.165) is 36.9 Å². The summed E-state index contributed by atoms with van der Waals surface area (Å²) in [6.07, 6.45) is 5.79. The fourth-order valence-corrected chi connectivity index (χ4v) is 8.22. The van der Waals surface area contributed by atoms with Crippen molar-refractivity contribution in [2.45, 2.75) is 69.5 Å². The number of anilines is 1. The van der Waals surface area contributed by atoms with Gasteiger partial charge in [-0.15, -0.1) is 0 Å². The van der Waals surface area contributed by atoms with Crippen LogP contribution in [-0.4, -0.2) is 59.7 Å². The summed E-state index contributed by atoms with van der Waals surface area (Å²) >= 11 is 6.20. The quantitative estimate of drug-likeness (QED) is 0.415. The van der Waals surface area contributed by atoms with Crippen molar-refractivity contribution < 1.29 is 17.6 Å². The Labute approximate surface area is 227 Å². The average molecular weight is 559 g/mol. The van der Waals surface area contributed by atoms with Crippen LogP contribution in [-0.2, 0) is 9.84 Å². The van der Waals surface area contributed by atoms with E-state index in [4.69, 9.17) is 11.6 Å². The van der Waals surface area contributed by atoms with Crippen molar-refractivity contribution in [3.63, 3.8) is 0 Å². The summed E-state index contributed by atoms with van der Waals surface area (Å²) in [5.41, 5.74) is 2.47. The van der Waals surface area contributed by atoms with Gasteiger partial charge < -0.3 is 14.4 Å². The summed E-state index contributed by atoms with van der Waals surface area (Å²) < 4.78 is 42.7. The monoisotopic (exact) mass is 558 g/mol. The van der Waals surface area contributed by atoms with E-state index in [0.29, 0.717) is 35.1 Å². The molecule has 0 spiro atoms. The average Bonchev–Trinajstić information content (AvgIpc) is 3.52. The Morgan fingerprint density at radius 3 is 2.32 bits per heavy atom. The standard InChI is InChI=1S/C28H32ClFN4O3S/c1-28(2,3)15-38(36,37)21-11-24-26(33(16-31-24)18-5-6-18)25(12-21)34-19-7-8-20(34)14-32(13-19)27(35)22-9-4-17(30)10-23(22)29/h4,9-12,16,18-20H,5-8,13-15H2,1-3H3/t19-,20+. The molecule has 3 aromatic rings. The first-order valence-electron chi connectivity index (χ1n) is 13.2. The fourth-order valence-electron chi connectivity index (χ4n) is 6.08. The van der Waals surface area contributed by atoms with Crippen LogP contribution in [0.5, 0.6) is 0 Å². The molecule has 2 aromatic carbocycles. The summed E-state index contributed by atoms with van der Waals surface area (Å²) in [5.74, 6) is -0.641. The second-order valence-electron chi connectivity index (χ2n) is 12.1. The first-order chi connectivity index (χ1) is 17.9. The van der Waals surface area contributed by atoms with Crippen molar-refractivity contribution in [2.75, 3.05) is 23.7 Å². The first kappa shape index (κ1) is 25.6. The largest absolute Gasteiger partial charge is 0.360 e. The lowest BCUT2D eigenvalue weighted by atomic mass is 10.0. The molecule has 2 saturated heterocycles. The maximum Gasteiger partial charge on any atom is 0.255 e. The number of sulfone groups is 1. The molecule has 38 heavy (non-hydrogen) atoms. The minimum absolute atomic E-state index is 0.0308. The maximum absolute atomic E-state index is 13.6. The van der Waals surface area contributed by atoms with E-state index in [9.17, 15) is 17.6 Å². The van der Waals surface area contributed by atoms with Crippen LogP contribution in [0.1, 0.15) is 62.9 Å². The van der Waals surface area contributed by atoms with Gasteiger partial charge in [-0.25, -0.2) is 17.8 Å². The summed E-state index contributed by atoms with van der Waals surface area (Å²) in [6.45, 7) is 6.75. The van der Waals surface area contributed by atoms with Crippen molar-refractivity contribution in [2.24, 2.45) is 5.41 Å². The highest BCUT2D eigenvalue weighted by Crippen LogP contribution is 2.44. The number of fused-ring (bicyclic) bond motifs is 3. The number of carbonyl (C=O) groups is 1. The molecule has 2 bridgehead atoms. The van der Waals surface area contributed by atoms with Gasteiger partial charge in [0, 0.05) is 31.2 Å². The zero-order chi connectivity index (χ0) is 27.0. The Kier molecular flexibility index (Phi) is 6.03. The van der Waals surface area contributed by atoms with Crippen LogP contribution >= 0.6 is 11.6 Å². The van der Waals surface area contributed by atoms with Crippen LogP contribution < -0.4 is 4.90 Å². The van der Waals surface area contributed by atoms with Gasteiger partial charge in [-0.05, 0) is 61.4 Å². The Morgan fingerprint density at radius 2 is 1.71 bits per heavy atom. The second-order valence-corrected chi connectivity index (χ2v) is 14.5. The predicted molar refractivity (Wildman–Crippen MR) is 146 cm³/mol. The molecule has 0 unspecified atom stereocenters. The van der Waals surface area contributed by atoms with E-state index in [1.54, 1.807) is 11.0 Å². The molecule has 3 heterocycles. The molecule has 2 aliphatic heterocycles. The molecule has 0 N–H and O–H groups in total. The van der Waals surface area contributed by atoms with Gasteiger partial charge in [0.1, 0.15) is 5.82 Å². The number of nitrogens with zero attached hydrogens (tertiary/aromatic N) is 4. The summed E-state index contributed by atoms with van der Waals surface area (Å²) in [4.78, 5) is 22.4. The van der Waals surface area contributed by atoms with Gasteiger partial charge in [-0.2, -0.15) is 0 Å². The van der Waals surface area contributed by atoms with Crippen LogP contribution in [0, 0.1) is 11.2 Å². The lowest BCUT2D eigenvalue weighted by Crippen LogP contribution is -2.55. The lowest BCUT2D eigenvalue weighted by Gasteiger charge is -2.43. The molecule has 1 saturated carbocycles. The molecule has 3 aliphatic rings. The van der Waals surface area contributed by atoms with E-state index >= 15 is 0 Å². The highest BCUT2D eigenvalue weighted by Gasteiger charge is 2.43. The zero-order valence-corrected chi connectivity index (χ0v) is 23.4. The SMILES string of the molecule is CC(C)(C)CS(=O)(=O)c1cc(N2[C@@H]3CC[C@H]2CN(C(=O)c2ccc(F)cc2Cl)C3)c2c(c1)ncn2C1CC1. The highest BCUT2D eigenvalue weighted by molar-refractivity contribution is 7.91. The van der Waals surface area contributed by atoms with E-state index in [1.807, 2.05) is 33.2 Å². The Balaban J connectivity index is 1.39. The normalized spacial score (nSPS) is 21.9. The molecule has 7 nitrogen and oxygen atoms in total. The fraction of sp³-hybridized carbons (Fsp3) is 0.500. The van der Waals surface area contributed by atoms with E-state index in [1.165, 1.54) is 18.2 Å².